The Balaban J connectivity index is 1.58. The highest BCUT2D eigenvalue weighted by atomic mass is 16.5. The predicted molar refractivity (Wildman–Crippen MR) is 131 cm³/mol. The van der Waals surface area contributed by atoms with Gasteiger partial charge < -0.3 is 14.9 Å². The molecule has 0 aliphatic heterocycles. The molecule has 0 amide bonds. The van der Waals surface area contributed by atoms with E-state index in [-0.39, 0.29) is 23.7 Å². The Kier molecular flexibility index (Phi) is 6.96. The Labute approximate surface area is 197 Å². The molecule has 3 heteroatoms. The quantitative estimate of drug-likeness (QED) is 0.475. The average Bonchev–Trinajstić information content (AvgIpc) is 3.10. The summed E-state index contributed by atoms with van der Waals surface area (Å²) in [6.45, 7) is 14.2. The smallest absolute Gasteiger partial charge is 0.0788 e. The Bertz CT molecular complexity index is 701. The van der Waals surface area contributed by atoms with Gasteiger partial charge in [0.2, 0.25) is 0 Å². The van der Waals surface area contributed by atoms with Crippen LogP contribution in [0.1, 0.15) is 92.9 Å². The number of methoxy groups -OCH3 is 1. The largest absolute Gasteiger partial charge is 0.393 e. The molecular weight excluding hydrogens is 396 g/mol. The van der Waals surface area contributed by atoms with Crippen LogP contribution in [0.3, 0.4) is 0 Å². The summed E-state index contributed by atoms with van der Waals surface area (Å²) in [5, 5.41) is 21.5. The predicted octanol–water partition coefficient (Wildman–Crippen LogP) is 6.23. The van der Waals surface area contributed by atoms with E-state index in [0.29, 0.717) is 46.8 Å². The number of fused-ring (bicyclic) bond motifs is 5. The molecule has 0 radical (unpaired) electrons. The van der Waals surface area contributed by atoms with Crippen LogP contribution in [0, 0.1) is 52.3 Å². The van der Waals surface area contributed by atoms with Crippen LogP contribution >= 0.6 is 0 Å². The monoisotopic (exact) mass is 446 g/mol. The van der Waals surface area contributed by atoms with Crippen LogP contribution in [0.4, 0.5) is 0 Å². The van der Waals surface area contributed by atoms with E-state index in [0.717, 1.165) is 25.7 Å². The molecule has 2 N–H and O–H groups in total. The fourth-order valence-electron chi connectivity index (χ4n) is 8.87. The van der Waals surface area contributed by atoms with Crippen molar-refractivity contribution in [3.05, 3.63) is 11.6 Å². The summed E-state index contributed by atoms with van der Waals surface area (Å²) in [5.41, 5.74) is 2.00. The summed E-state index contributed by atoms with van der Waals surface area (Å²) in [4.78, 5) is 0. The lowest BCUT2D eigenvalue weighted by molar-refractivity contribution is -0.111. The van der Waals surface area contributed by atoms with E-state index in [2.05, 4.69) is 47.6 Å². The molecular formula is C29H50O3. The first-order chi connectivity index (χ1) is 15.0. The number of aliphatic hydroxyl groups is 2. The summed E-state index contributed by atoms with van der Waals surface area (Å²) in [5.74, 6) is 4.07. The Morgan fingerprint density at radius 3 is 2.41 bits per heavy atom. The molecule has 0 unspecified atom stereocenters. The van der Waals surface area contributed by atoms with Crippen molar-refractivity contribution in [3.8, 4) is 0 Å². The number of aliphatic hydroxyl groups excluding tert-OH is 2. The van der Waals surface area contributed by atoms with E-state index in [1.165, 1.54) is 31.3 Å². The van der Waals surface area contributed by atoms with Crippen LogP contribution in [0.25, 0.3) is 0 Å². The second-order valence-corrected chi connectivity index (χ2v) is 13.1. The highest BCUT2D eigenvalue weighted by Crippen LogP contribution is 2.67. The van der Waals surface area contributed by atoms with Gasteiger partial charge in [0.05, 0.1) is 18.3 Å². The molecule has 3 saturated carbocycles. The second kappa shape index (κ2) is 9.00. The molecule has 0 spiro atoms. The molecule has 32 heavy (non-hydrogen) atoms. The van der Waals surface area contributed by atoms with Gasteiger partial charge in [0.15, 0.2) is 0 Å². The highest BCUT2D eigenvalue weighted by molar-refractivity contribution is 5.28. The summed E-state index contributed by atoms with van der Waals surface area (Å²) in [6.07, 6.45) is 11.1. The van der Waals surface area contributed by atoms with Gasteiger partial charge in [-0.2, -0.15) is 0 Å². The van der Waals surface area contributed by atoms with Crippen molar-refractivity contribution in [1.82, 2.24) is 0 Å². The van der Waals surface area contributed by atoms with Crippen molar-refractivity contribution >= 4 is 0 Å². The summed E-state index contributed by atoms with van der Waals surface area (Å²) < 4.78 is 6.16. The molecule has 11 atom stereocenters. The van der Waals surface area contributed by atoms with E-state index in [1.807, 2.05) is 7.11 Å². The normalized spacial score (nSPS) is 46.6. The van der Waals surface area contributed by atoms with Crippen LogP contribution in [-0.2, 0) is 4.74 Å². The van der Waals surface area contributed by atoms with E-state index in [4.69, 9.17) is 4.74 Å². The molecule has 0 aromatic carbocycles. The van der Waals surface area contributed by atoms with Crippen molar-refractivity contribution in [2.45, 2.75) is 111 Å². The second-order valence-electron chi connectivity index (χ2n) is 13.1. The Morgan fingerprint density at radius 2 is 1.75 bits per heavy atom. The fourth-order valence-corrected chi connectivity index (χ4v) is 8.87. The van der Waals surface area contributed by atoms with Crippen molar-refractivity contribution in [2.75, 3.05) is 7.11 Å². The summed E-state index contributed by atoms with van der Waals surface area (Å²) >= 11 is 0. The number of hydrogen-bond acceptors (Lipinski definition) is 3. The van der Waals surface area contributed by atoms with Gasteiger partial charge in [-0.1, -0.05) is 53.2 Å². The van der Waals surface area contributed by atoms with Gasteiger partial charge in [-0.3, -0.25) is 0 Å². The molecule has 0 saturated heterocycles. The van der Waals surface area contributed by atoms with Crippen molar-refractivity contribution in [1.29, 1.82) is 0 Å². The number of ether oxygens (including phenoxy) is 1. The van der Waals surface area contributed by atoms with Gasteiger partial charge in [-0.25, -0.2) is 0 Å². The fraction of sp³-hybridized carbons (Fsp3) is 0.931. The third kappa shape index (κ3) is 3.93. The maximum Gasteiger partial charge on any atom is 0.0788 e. The molecule has 3 fully saturated rings. The maximum atomic E-state index is 11.2. The van der Waals surface area contributed by atoms with E-state index >= 15 is 0 Å². The Hall–Kier alpha value is -0.380. The number of rotatable bonds is 6. The third-order valence-corrected chi connectivity index (χ3v) is 11.4. The molecule has 4 aliphatic rings. The van der Waals surface area contributed by atoms with Crippen LogP contribution in [0.15, 0.2) is 11.6 Å². The van der Waals surface area contributed by atoms with E-state index < -0.39 is 0 Å². The standard InChI is InChI=1S/C29H50O3/c1-17(2)18(3)14-25(31)19(4)22-8-9-23-27-24(11-13-29(22,23)6)28(5)12-10-21(30)15-20(28)16-26(27)32-7/h16-19,21-27,30-31H,8-15H2,1-7H3/t18-,19-,21-,22+,23-,24-,25+,26+,27-,28-,29+/m0/s1. The van der Waals surface area contributed by atoms with Crippen molar-refractivity contribution < 1.29 is 14.9 Å². The topological polar surface area (TPSA) is 49.7 Å². The Morgan fingerprint density at radius 1 is 1.03 bits per heavy atom. The van der Waals surface area contributed by atoms with Crippen LogP contribution in [0.5, 0.6) is 0 Å². The van der Waals surface area contributed by atoms with Crippen LogP contribution in [0.2, 0.25) is 0 Å². The van der Waals surface area contributed by atoms with Gasteiger partial charge in [0.25, 0.3) is 0 Å². The molecule has 3 nitrogen and oxygen atoms in total. The zero-order chi connectivity index (χ0) is 23.4. The molecule has 4 aliphatic carbocycles. The van der Waals surface area contributed by atoms with Crippen molar-refractivity contribution in [2.24, 2.45) is 52.3 Å². The minimum atomic E-state index is -0.195. The van der Waals surface area contributed by atoms with Gasteiger partial charge in [0, 0.05) is 7.11 Å². The minimum absolute atomic E-state index is 0.177. The lowest BCUT2D eigenvalue weighted by Crippen LogP contribution is -2.55. The summed E-state index contributed by atoms with van der Waals surface area (Å²) in [6, 6.07) is 0. The van der Waals surface area contributed by atoms with Gasteiger partial charge in [-0.15, -0.1) is 0 Å². The maximum absolute atomic E-state index is 11.2. The van der Waals surface area contributed by atoms with Crippen LogP contribution < -0.4 is 0 Å². The van der Waals surface area contributed by atoms with Gasteiger partial charge >= 0.3 is 0 Å². The van der Waals surface area contributed by atoms with Crippen LogP contribution in [-0.4, -0.2) is 35.6 Å². The summed E-state index contributed by atoms with van der Waals surface area (Å²) in [7, 11) is 1.89. The minimum Gasteiger partial charge on any atom is -0.393 e. The van der Waals surface area contributed by atoms with Gasteiger partial charge in [-0.05, 0) is 104 Å². The molecule has 4 rings (SSSR count). The lowest BCUT2D eigenvalue weighted by atomic mass is 9.46. The molecule has 0 aromatic rings. The molecule has 184 valence electrons. The first-order valence-electron chi connectivity index (χ1n) is 13.6. The van der Waals surface area contributed by atoms with E-state index in [1.54, 1.807) is 0 Å². The SMILES string of the molecule is CO[C@@H]1C=C2C[C@@H](O)CC[C@]2(C)[C@H]2CC[C@]3(C)[C@@H]([C@H](C)[C@H](O)C[C@H](C)C(C)C)CC[C@H]3[C@H]12. The molecule has 0 bridgehead atoms. The van der Waals surface area contributed by atoms with Crippen molar-refractivity contribution in [3.63, 3.8) is 0 Å². The third-order valence-electron chi connectivity index (χ3n) is 11.4. The zero-order valence-electron chi connectivity index (χ0n) is 21.8. The zero-order valence-corrected chi connectivity index (χ0v) is 21.8. The lowest BCUT2D eigenvalue weighted by Gasteiger charge is -2.60. The van der Waals surface area contributed by atoms with E-state index in [9.17, 15) is 10.2 Å². The van der Waals surface area contributed by atoms with Gasteiger partial charge in [0.1, 0.15) is 0 Å². The number of hydrogen-bond donors (Lipinski definition) is 2. The first kappa shape index (κ1) is 24.7. The molecule has 0 aromatic heterocycles. The molecule has 0 heterocycles. The highest BCUT2D eigenvalue weighted by Gasteiger charge is 2.61. The first-order valence-corrected chi connectivity index (χ1v) is 13.6. The average molecular weight is 447 g/mol.